The van der Waals surface area contributed by atoms with Gasteiger partial charge in [0.2, 0.25) is 0 Å². The van der Waals surface area contributed by atoms with Gasteiger partial charge in [0.05, 0.1) is 0 Å². The Kier molecular flexibility index (Phi) is 3.91. The molecule has 0 bridgehead atoms. The molecular weight excluding hydrogens is 198 g/mol. The lowest BCUT2D eigenvalue weighted by atomic mass is 9.79. The lowest BCUT2D eigenvalue weighted by molar-refractivity contribution is 0.118. The Balaban J connectivity index is 1.92. The zero-order valence-corrected chi connectivity index (χ0v) is 9.97. The lowest BCUT2D eigenvalue weighted by Crippen LogP contribution is -2.45. The number of nitrogens with zero attached hydrogens (tertiary/aromatic N) is 2. The Hall–Kier alpha value is -0.930. The van der Waals surface area contributed by atoms with Crippen LogP contribution in [0.15, 0.2) is 24.5 Å². The molecule has 1 aliphatic rings. The summed E-state index contributed by atoms with van der Waals surface area (Å²) < 4.78 is 0. The molecule has 3 heteroatoms. The Morgan fingerprint density at radius 3 is 2.62 bits per heavy atom. The fourth-order valence-electron chi connectivity index (χ4n) is 2.45. The van der Waals surface area contributed by atoms with Crippen LogP contribution in [0.25, 0.3) is 0 Å². The van der Waals surface area contributed by atoms with E-state index >= 15 is 0 Å². The predicted molar refractivity (Wildman–Crippen MR) is 65.9 cm³/mol. The monoisotopic (exact) mass is 219 g/mol. The second-order valence-corrected chi connectivity index (χ2v) is 4.76. The van der Waals surface area contributed by atoms with Crippen molar-refractivity contribution in [1.82, 2.24) is 9.88 Å². The van der Waals surface area contributed by atoms with Crippen LogP contribution < -0.4 is 5.73 Å². The van der Waals surface area contributed by atoms with Crippen LogP contribution in [0.4, 0.5) is 0 Å². The van der Waals surface area contributed by atoms with E-state index in [2.05, 4.69) is 29.1 Å². The summed E-state index contributed by atoms with van der Waals surface area (Å²) in [4.78, 5) is 6.42. The van der Waals surface area contributed by atoms with E-state index in [0.29, 0.717) is 6.04 Å². The summed E-state index contributed by atoms with van der Waals surface area (Å²) in [6, 6.07) is 4.69. The summed E-state index contributed by atoms with van der Waals surface area (Å²) in [5.41, 5.74) is 7.20. The molecule has 2 rings (SSSR count). The SMILES string of the molecule is CN(Cc1ccncc1)C(CN)C1CCC1. The molecule has 2 N–H and O–H groups in total. The van der Waals surface area contributed by atoms with E-state index in [9.17, 15) is 0 Å². The first kappa shape index (κ1) is 11.6. The fourth-order valence-corrected chi connectivity index (χ4v) is 2.45. The summed E-state index contributed by atoms with van der Waals surface area (Å²) in [7, 11) is 2.18. The smallest absolute Gasteiger partial charge is 0.0271 e. The number of nitrogens with two attached hydrogens (primary N) is 1. The van der Waals surface area contributed by atoms with Crippen LogP contribution in [0.2, 0.25) is 0 Å². The second-order valence-electron chi connectivity index (χ2n) is 4.76. The average molecular weight is 219 g/mol. The Bertz CT molecular complexity index is 308. The van der Waals surface area contributed by atoms with Gasteiger partial charge in [0.25, 0.3) is 0 Å². The maximum absolute atomic E-state index is 5.88. The van der Waals surface area contributed by atoms with Crippen molar-refractivity contribution in [3.63, 3.8) is 0 Å². The second kappa shape index (κ2) is 5.41. The number of likely N-dealkylation sites (N-methyl/N-ethyl adjacent to an activating group) is 1. The fraction of sp³-hybridized carbons (Fsp3) is 0.615. The molecule has 0 spiro atoms. The zero-order valence-electron chi connectivity index (χ0n) is 9.97. The summed E-state index contributed by atoms with van der Waals surface area (Å²) >= 11 is 0. The van der Waals surface area contributed by atoms with Crippen molar-refractivity contribution in [2.24, 2.45) is 11.7 Å². The maximum atomic E-state index is 5.88. The van der Waals surface area contributed by atoms with E-state index in [1.165, 1.54) is 24.8 Å². The number of rotatable bonds is 5. The van der Waals surface area contributed by atoms with Crippen LogP contribution in [-0.4, -0.2) is 29.5 Å². The van der Waals surface area contributed by atoms with Gasteiger partial charge in [-0.1, -0.05) is 6.42 Å². The van der Waals surface area contributed by atoms with Gasteiger partial charge in [-0.25, -0.2) is 0 Å². The van der Waals surface area contributed by atoms with Crippen molar-refractivity contribution in [2.45, 2.75) is 31.8 Å². The van der Waals surface area contributed by atoms with Crippen molar-refractivity contribution >= 4 is 0 Å². The molecule has 0 amide bonds. The predicted octanol–water partition coefficient (Wildman–Crippen LogP) is 1.64. The van der Waals surface area contributed by atoms with E-state index in [4.69, 9.17) is 5.73 Å². The molecule has 0 radical (unpaired) electrons. The number of aromatic nitrogens is 1. The van der Waals surface area contributed by atoms with Crippen LogP contribution in [0.5, 0.6) is 0 Å². The molecular formula is C13H21N3. The Morgan fingerprint density at radius 2 is 2.12 bits per heavy atom. The highest BCUT2D eigenvalue weighted by Crippen LogP contribution is 2.31. The standard InChI is InChI=1S/C13H21N3/c1-16(10-11-5-7-15-8-6-11)13(9-14)12-3-2-4-12/h5-8,12-13H,2-4,9-10,14H2,1H3. The van der Waals surface area contributed by atoms with Gasteiger partial charge in [0.15, 0.2) is 0 Å². The maximum Gasteiger partial charge on any atom is 0.0271 e. The van der Waals surface area contributed by atoms with Gasteiger partial charge in [-0.05, 0) is 43.5 Å². The molecule has 1 aromatic heterocycles. The van der Waals surface area contributed by atoms with Crippen LogP contribution in [-0.2, 0) is 6.54 Å². The van der Waals surface area contributed by atoms with E-state index in [0.717, 1.165) is 19.0 Å². The van der Waals surface area contributed by atoms with Crippen LogP contribution in [0, 0.1) is 5.92 Å². The highest BCUT2D eigenvalue weighted by atomic mass is 15.1. The molecule has 1 aromatic rings. The highest BCUT2D eigenvalue weighted by molar-refractivity contribution is 5.09. The largest absolute Gasteiger partial charge is 0.329 e. The molecule has 1 saturated carbocycles. The van der Waals surface area contributed by atoms with Gasteiger partial charge in [0, 0.05) is 31.5 Å². The van der Waals surface area contributed by atoms with Gasteiger partial charge < -0.3 is 5.73 Å². The van der Waals surface area contributed by atoms with E-state index in [1.54, 1.807) is 0 Å². The molecule has 1 aliphatic carbocycles. The minimum Gasteiger partial charge on any atom is -0.329 e. The molecule has 0 aromatic carbocycles. The summed E-state index contributed by atoms with van der Waals surface area (Å²) in [5, 5.41) is 0. The van der Waals surface area contributed by atoms with Crippen LogP contribution in [0.3, 0.4) is 0 Å². The van der Waals surface area contributed by atoms with Crippen molar-refractivity contribution in [3.05, 3.63) is 30.1 Å². The van der Waals surface area contributed by atoms with Gasteiger partial charge >= 0.3 is 0 Å². The number of hydrogen-bond acceptors (Lipinski definition) is 3. The number of pyridine rings is 1. The Labute approximate surface area is 97.7 Å². The molecule has 0 aliphatic heterocycles. The molecule has 1 fully saturated rings. The third kappa shape index (κ3) is 2.60. The third-order valence-electron chi connectivity index (χ3n) is 3.68. The van der Waals surface area contributed by atoms with Gasteiger partial charge in [0.1, 0.15) is 0 Å². The molecule has 3 nitrogen and oxygen atoms in total. The molecule has 1 unspecified atom stereocenters. The lowest BCUT2D eigenvalue weighted by Gasteiger charge is -2.38. The molecule has 0 saturated heterocycles. The minimum atomic E-state index is 0.543. The topological polar surface area (TPSA) is 42.2 Å². The van der Waals surface area contributed by atoms with Crippen molar-refractivity contribution < 1.29 is 0 Å². The van der Waals surface area contributed by atoms with Gasteiger partial charge in [-0.2, -0.15) is 0 Å². The summed E-state index contributed by atoms with van der Waals surface area (Å²) in [6.45, 7) is 1.74. The van der Waals surface area contributed by atoms with Crippen LogP contribution in [0.1, 0.15) is 24.8 Å². The summed E-state index contributed by atoms with van der Waals surface area (Å²) in [5.74, 6) is 0.817. The number of hydrogen-bond donors (Lipinski definition) is 1. The normalized spacial score (nSPS) is 18.4. The van der Waals surface area contributed by atoms with E-state index in [1.807, 2.05) is 12.4 Å². The van der Waals surface area contributed by atoms with Crippen molar-refractivity contribution in [2.75, 3.05) is 13.6 Å². The van der Waals surface area contributed by atoms with Crippen molar-refractivity contribution in [3.8, 4) is 0 Å². The first-order chi connectivity index (χ1) is 7.81. The first-order valence-corrected chi connectivity index (χ1v) is 6.10. The highest BCUT2D eigenvalue weighted by Gasteiger charge is 2.28. The molecule has 1 atom stereocenters. The molecule has 1 heterocycles. The summed E-state index contributed by atoms with van der Waals surface area (Å²) in [6.07, 6.45) is 7.78. The Morgan fingerprint density at radius 1 is 1.44 bits per heavy atom. The zero-order chi connectivity index (χ0) is 11.4. The molecule has 16 heavy (non-hydrogen) atoms. The average Bonchev–Trinajstić information content (AvgIpc) is 2.24. The molecule has 88 valence electrons. The first-order valence-electron chi connectivity index (χ1n) is 6.10. The van der Waals surface area contributed by atoms with Crippen LogP contribution >= 0.6 is 0 Å². The quantitative estimate of drug-likeness (QED) is 0.818. The van der Waals surface area contributed by atoms with Gasteiger partial charge in [-0.15, -0.1) is 0 Å². The van der Waals surface area contributed by atoms with Gasteiger partial charge in [-0.3, -0.25) is 9.88 Å². The minimum absolute atomic E-state index is 0.543. The van der Waals surface area contributed by atoms with Crippen molar-refractivity contribution in [1.29, 1.82) is 0 Å². The van der Waals surface area contributed by atoms with E-state index < -0.39 is 0 Å². The third-order valence-corrected chi connectivity index (χ3v) is 3.68. The van der Waals surface area contributed by atoms with E-state index in [-0.39, 0.29) is 0 Å².